The first kappa shape index (κ1) is 17.9. The molecule has 3 N–H and O–H groups in total. The molecule has 0 aliphatic heterocycles. The number of nitrogens with zero attached hydrogens (tertiary/aromatic N) is 4. The molecule has 4 unspecified atom stereocenters. The first-order chi connectivity index (χ1) is 13.1. The molecule has 142 valence electrons. The van der Waals surface area contributed by atoms with Crippen LogP contribution in [0.3, 0.4) is 0 Å². The van der Waals surface area contributed by atoms with Gasteiger partial charge in [-0.1, -0.05) is 19.1 Å². The molecule has 2 aliphatic carbocycles. The van der Waals surface area contributed by atoms with E-state index in [0.29, 0.717) is 6.04 Å². The number of fused-ring (bicyclic) bond motifs is 2. The number of rotatable bonds is 3. The quantitative estimate of drug-likeness (QED) is 0.735. The zero-order chi connectivity index (χ0) is 19.1. The monoisotopic (exact) mass is 364 g/mol. The van der Waals surface area contributed by atoms with Gasteiger partial charge in [0.15, 0.2) is 17.0 Å². The molecule has 2 heterocycles. The lowest BCUT2D eigenvalue weighted by atomic mass is 10.0. The Morgan fingerprint density at radius 1 is 1.11 bits per heavy atom. The van der Waals surface area contributed by atoms with Gasteiger partial charge in [0.1, 0.15) is 5.82 Å². The molecule has 0 bridgehead atoms. The summed E-state index contributed by atoms with van der Waals surface area (Å²) < 4.78 is 2.31. The summed E-state index contributed by atoms with van der Waals surface area (Å²) in [4.78, 5) is 14.0. The topological polar surface area (TPSA) is 81.7 Å². The van der Waals surface area contributed by atoms with E-state index >= 15 is 0 Å². The van der Waals surface area contributed by atoms with Crippen LogP contribution < -0.4 is 11.1 Å². The minimum atomic E-state index is 0.547. The first-order valence-electron chi connectivity index (χ1n) is 9.73. The van der Waals surface area contributed by atoms with Crippen LogP contribution in [-0.4, -0.2) is 26.6 Å². The van der Waals surface area contributed by atoms with Crippen LogP contribution in [-0.2, 0) is 0 Å². The molecule has 5 rings (SSSR count). The molecule has 2 saturated carbocycles. The van der Waals surface area contributed by atoms with Gasteiger partial charge in [-0.05, 0) is 69.2 Å². The maximum atomic E-state index is 4.73. The van der Waals surface area contributed by atoms with Crippen molar-refractivity contribution in [1.82, 2.24) is 19.5 Å². The zero-order valence-corrected chi connectivity index (χ0v) is 16.5. The number of aromatic nitrogens is 4. The molecule has 0 radical (unpaired) electrons. The Bertz CT molecular complexity index is 962. The van der Waals surface area contributed by atoms with E-state index in [1.807, 2.05) is 13.3 Å². The van der Waals surface area contributed by atoms with Crippen LogP contribution in [0, 0.1) is 31.6 Å². The largest absolute Gasteiger partial charge is 0.338 e. The summed E-state index contributed by atoms with van der Waals surface area (Å²) in [5.41, 5.74) is 8.58. The highest BCUT2D eigenvalue weighted by molar-refractivity contribution is 5.85. The fourth-order valence-corrected chi connectivity index (χ4v) is 4.60. The second-order valence-electron chi connectivity index (χ2n) is 7.78. The summed E-state index contributed by atoms with van der Waals surface area (Å²) >= 11 is 0. The number of nitrogens with two attached hydrogens (primary N) is 1. The number of imidazole rings is 1. The average molecular weight is 364 g/mol. The van der Waals surface area contributed by atoms with Crippen LogP contribution in [0.2, 0.25) is 0 Å². The van der Waals surface area contributed by atoms with Gasteiger partial charge in [-0.15, -0.1) is 0 Å². The third-order valence-corrected chi connectivity index (χ3v) is 5.90. The van der Waals surface area contributed by atoms with E-state index < -0.39 is 0 Å². The van der Waals surface area contributed by atoms with Crippen molar-refractivity contribution in [3.63, 3.8) is 0 Å². The summed E-state index contributed by atoms with van der Waals surface area (Å²) in [7, 11) is 1.50. The van der Waals surface area contributed by atoms with E-state index in [1.165, 1.54) is 25.5 Å². The van der Waals surface area contributed by atoms with Gasteiger partial charge < -0.3 is 15.6 Å². The van der Waals surface area contributed by atoms with Gasteiger partial charge in [-0.3, -0.25) is 0 Å². The Kier molecular flexibility index (Phi) is 4.60. The van der Waals surface area contributed by atoms with Crippen LogP contribution in [0.15, 0.2) is 30.6 Å². The number of aryl methyl sites for hydroxylation is 2. The molecule has 3 aromatic rings. The van der Waals surface area contributed by atoms with Gasteiger partial charge in [-0.2, -0.15) is 0 Å². The minimum Gasteiger partial charge on any atom is -0.338 e. The van der Waals surface area contributed by atoms with Crippen molar-refractivity contribution in [3.8, 4) is 0 Å². The van der Waals surface area contributed by atoms with Crippen molar-refractivity contribution >= 4 is 22.7 Å². The lowest BCUT2D eigenvalue weighted by molar-refractivity contribution is 0.428. The van der Waals surface area contributed by atoms with Gasteiger partial charge >= 0.3 is 0 Å². The van der Waals surface area contributed by atoms with E-state index in [2.05, 4.69) is 63.7 Å². The molecule has 2 fully saturated rings. The molecule has 1 aromatic carbocycles. The highest BCUT2D eigenvalue weighted by Gasteiger charge is 2.53. The van der Waals surface area contributed by atoms with Crippen molar-refractivity contribution in [2.75, 3.05) is 12.4 Å². The number of benzene rings is 1. The molecule has 6 nitrogen and oxygen atoms in total. The summed E-state index contributed by atoms with van der Waals surface area (Å²) in [6, 6.07) is 8.86. The molecular formula is C21H28N6. The van der Waals surface area contributed by atoms with E-state index in [1.54, 1.807) is 0 Å². The Hall–Kier alpha value is -2.47. The second kappa shape index (κ2) is 6.93. The van der Waals surface area contributed by atoms with Crippen LogP contribution in [0.25, 0.3) is 11.2 Å². The first-order valence-corrected chi connectivity index (χ1v) is 9.73. The standard InChI is InChI=1S/C20H23N5.CH5N/c1-11-5-4-6-14(7-11)24-19-18-20(23-13(3)22-19)25(10-21-18)17-8-12(2)15-9-16(15)17;1-2/h4-7,10,12,15-17H,8-9H2,1-3H3,(H,22,23,24);2H2,1H3. The zero-order valence-electron chi connectivity index (χ0n) is 16.5. The molecule has 4 atom stereocenters. The van der Waals surface area contributed by atoms with E-state index in [-0.39, 0.29) is 0 Å². The van der Waals surface area contributed by atoms with Gasteiger partial charge in [0, 0.05) is 11.7 Å². The lowest BCUT2D eigenvalue weighted by Gasteiger charge is -2.16. The van der Waals surface area contributed by atoms with E-state index in [9.17, 15) is 0 Å². The van der Waals surface area contributed by atoms with Crippen molar-refractivity contribution < 1.29 is 0 Å². The van der Waals surface area contributed by atoms with Gasteiger partial charge in [0.05, 0.1) is 6.33 Å². The SMILES string of the molecule is CN.Cc1cccc(Nc2nc(C)nc3c2ncn3C2CC(C)C3CC32)c1. The second-order valence-corrected chi connectivity index (χ2v) is 7.78. The molecular weight excluding hydrogens is 336 g/mol. The number of anilines is 2. The molecule has 2 aliphatic rings. The fourth-order valence-electron chi connectivity index (χ4n) is 4.60. The number of hydrogen-bond acceptors (Lipinski definition) is 5. The van der Waals surface area contributed by atoms with Crippen molar-refractivity contribution in [3.05, 3.63) is 42.0 Å². The Morgan fingerprint density at radius 3 is 2.59 bits per heavy atom. The number of nitrogens with one attached hydrogen (secondary N) is 1. The van der Waals surface area contributed by atoms with Crippen molar-refractivity contribution in [1.29, 1.82) is 0 Å². The van der Waals surface area contributed by atoms with Crippen LogP contribution in [0.4, 0.5) is 11.5 Å². The van der Waals surface area contributed by atoms with Crippen LogP contribution >= 0.6 is 0 Å². The van der Waals surface area contributed by atoms with Crippen LogP contribution in [0.1, 0.15) is 37.2 Å². The van der Waals surface area contributed by atoms with Crippen LogP contribution in [0.5, 0.6) is 0 Å². The molecule has 0 spiro atoms. The fraction of sp³-hybridized carbons (Fsp3) is 0.476. The highest BCUT2D eigenvalue weighted by Crippen LogP contribution is 2.60. The Labute approximate surface area is 160 Å². The maximum absolute atomic E-state index is 4.73. The molecule has 2 aromatic heterocycles. The van der Waals surface area contributed by atoms with E-state index in [0.717, 1.165) is 46.2 Å². The summed E-state index contributed by atoms with van der Waals surface area (Å²) in [5, 5.41) is 3.44. The molecule has 6 heteroatoms. The normalized spacial score (nSPS) is 25.7. The summed E-state index contributed by atoms with van der Waals surface area (Å²) in [5.74, 6) is 4.12. The number of hydrogen-bond donors (Lipinski definition) is 2. The molecule has 27 heavy (non-hydrogen) atoms. The highest BCUT2D eigenvalue weighted by atomic mass is 15.2. The third kappa shape index (κ3) is 3.18. The minimum absolute atomic E-state index is 0.547. The van der Waals surface area contributed by atoms with Gasteiger partial charge in [0.2, 0.25) is 0 Å². The summed E-state index contributed by atoms with van der Waals surface area (Å²) in [6.45, 7) is 6.43. The van der Waals surface area contributed by atoms with Crippen molar-refractivity contribution in [2.24, 2.45) is 23.5 Å². The maximum Gasteiger partial charge on any atom is 0.166 e. The van der Waals surface area contributed by atoms with Gasteiger partial charge in [-0.25, -0.2) is 15.0 Å². The smallest absolute Gasteiger partial charge is 0.166 e. The van der Waals surface area contributed by atoms with Gasteiger partial charge in [0.25, 0.3) is 0 Å². The Balaban J connectivity index is 0.000000872. The van der Waals surface area contributed by atoms with Crippen molar-refractivity contribution in [2.45, 2.75) is 39.7 Å². The molecule has 0 saturated heterocycles. The predicted octanol–water partition coefficient (Wildman–Crippen LogP) is 3.98. The van der Waals surface area contributed by atoms with E-state index in [4.69, 9.17) is 4.98 Å². The average Bonchev–Trinajstić information content (AvgIpc) is 3.24. The Morgan fingerprint density at radius 2 is 1.93 bits per heavy atom. The third-order valence-electron chi connectivity index (χ3n) is 5.90. The molecule has 0 amide bonds. The lowest BCUT2D eigenvalue weighted by Crippen LogP contribution is -2.10. The predicted molar refractivity (Wildman–Crippen MR) is 109 cm³/mol. The summed E-state index contributed by atoms with van der Waals surface area (Å²) in [6.07, 6.45) is 4.58.